The second kappa shape index (κ2) is 6.02. The molecular formula is C16H16BrNO3. The van der Waals surface area contributed by atoms with E-state index < -0.39 is 5.63 Å². The predicted molar refractivity (Wildman–Crippen MR) is 85.4 cm³/mol. The lowest BCUT2D eigenvalue weighted by Crippen LogP contribution is -2.27. The average molecular weight is 350 g/mol. The quantitative estimate of drug-likeness (QED) is 0.831. The predicted octanol–water partition coefficient (Wildman–Crippen LogP) is 4.07. The number of amides is 1. The van der Waals surface area contributed by atoms with Gasteiger partial charge in [0.2, 0.25) is 5.91 Å². The van der Waals surface area contributed by atoms with Crippen LogP contribution in [0.25, 0.3) is 11.0 Å². The van der Waals surface area contributed by atoms with E-state index in [4.69, 9.17) is 4.42 Å². The van der Waals surface area contributed by atoms with E-state index >= 15 is 0 Å². The summed E-state index contributed by atoms with van der Waals surface area (Å²) in [7, 11) is 0. The van der Waals surface area contributed by atoms with E-state index in [9.17, 15) is 9.59 Å². The number of benzene rings is 1. The zero-order valence-corrected chi connectivity index (χ0v) is 13.1. The third kappa shape index (κ3) is 3.18. The average Bonchev–Trinajstić information content (AvgIpc) is 2.49. The molecule has 0 unspecified atom stereocenters. The summed E-state index contributed by atoms with van der Waals surface area (Å²) >= 11 is 3.38. The molecule has 1 fully saturated rings. The number of fused-ring (bicyclic) bond motifs is 1. The Bertz CT molecular complexity index is 732. The van der Waals surface area contributed by atoms with Gasteiger partial charge in [-0.3, -0.25) is 4.79 Å². The largest absolute Gasteiger partial charge is 0.421 e. The van der Waals surface area contributed by atoms with Gasteiger partial charge in [-0.1, -0.05) is 35.2 Å². The standard InChI is InChI=1S/C16H16BrNO3/c17-12-6-7-14-11(8-12)9-13(16(20)21-14)18-15(19)10-4-2-1-3-5-10/h6-10H,1-5H2,(H,18,19). The van der Waals surface area contributed by atoms with Gasteiger partial charge in [0.05, 0.1) is 0 Å². The van der Waals surface area contributed by atoms with Crippen molar-refractivity contribution in [3.63, 3.8) is 0 Å². The van der Waals surface area contributed by atoms with Gasteiger partial charge < -0.3 is 9.73 Å². The van der Waals surface area contributed by atoms with Crippen molar-refractivity contribution in [2.24, 2.45) is 5.92 Å². The second-order valence-corrected chi connectivity index (χ2v) is 6.37. The molecule has 0 aliphatic heterocycles. The van der Waals surface area contributed by atoms with Gasteiger partial charge in [0.25, 0.3) is 0 Å². The van der Waals surface area contributed by atoms with Gasteiger partial charge in [-0.15, -0.1) is 0 Å². The first-order valence-electron chi connectivity index (χ1n) is 7.18. The van der Waals surface area contributed by atoms with Crippen LogP contribution in [-0.4, -0.2) is 5.91 Å². The van der Waals surface area contributed by atoms with Crippen LogP contribution in [-0.2, 0) is 4.79 Å². The highest BCUT2D eigenvalue weighted by Crippen LogP contribution is 2.25. The summed E-state index contributed by atoms with van der Waals surface area (Å²) in [5.41, 5.74) is 0.226. The van der Waals surface area contributed by atoms with E-state index in [1.165, 1.54) is 6.42 Å². The number of hydrogen-bond donors (Lipinski definition) is 1. The minimum Gasteiger partial charge on any atom is -0.421 e. The van der Waals surface area contributed by atoms with Crippen molar-refractivity contribution in [3.05, 3.63) is 39.2 Å². The first-order valence-corrected chi connectivity index (χ1v) is 7.97. The lowest BCUT2D eigenvalue weighted by molar-refractivity contribution is -0.120. The summed E-state index contributed by atoms with van der Waals surface area (Å²) in [6.07, 6.45) is 5.15. The molecule has 5 heteroatoms. The Morgan fingerprint density at radius 3 is 2.71 bits per heavy atom. The van der Waals surface area contributed by atoms with Gasteiger partial charge in [-0.25, -0.2) is 4.79 Å². The van der Waals surface area contributed by atoms with Crippen molar-refractivity contribution in [1.82, 2.24) is 0 Å². The lowest BCUT2D eigenvalue weighted by Gasteiger charge is -2.20. The molecule has 3 rings (SSSR count). The summed E-state index contributed by atoms with van der Waals surface area (Å²) in [6, 6.07) is 7.07. The molecule has 2 aromatic rings. The van der Waals surface area contributed by atoms with Crippen LogP contribution in [0.4, 0.5) is 5.69 Å². The van der Waals surface area contributed by atoms with Crippen molar-refractivity contribution in [2.75, 3.05) is 5.32 Å². The molecular weight excluding hydrogens is 334 g/mol. The highest BCUT2D eigenvalue weighted by Gasteiger charge is 2.22. The smallest absolute Gasteiger partial charge is 0.360 e. The molecule has 1 heterocycles. The first-order chi connectivity index (χ1) is 10.1. The summed E-state index contributed by atoms with van der Waals surface area (Å²) < 4.78 is 6.14. The normalized spacial score (nSPS) is 16.0. The Labute approximate surface area is 130 Å². The fourth-order valence-electron chi connectivity index (χ4n) is 2.78. The maximum atomic E-state index is 12.2. The third-order valence-electron chi connectivity index (χ3n) is 3.93. The van der Waals surface area contributed by atoms with Gasteiger partial charge in [-0.2, -0.15) is 0 Å². The van der Waals surface area contributed by atoms with Gasteiger partial charge >= 0.3 is 5.63 Å². The fourth-order valence-corrected chi connectivity index (χ4v) is 3.16. The molecule has 0 spiro atoms. The summed E-state index contributed by atoms with van der Waals surface area (Å²) in [5, 5.41) is 3.51. The van der Waals surface area contributed by atoms with Gasteiger partial charge in [0.1, 0.15) is 11.3 Å². The van der Waals surface area contributed by atoms with Crippen molar-refractivity contribution in [2.45, 2.75) is 32.1 Å². The Kier molecular flexibility index (Phi) is 4.10. The van der Waals surface area contributed by atoms with E-state index in [0.29, 0.717) is 5.58 Å². The molecule has 1 aliphatic rings. The van der Waals surface area contributed by atoms with E-state index in [1.54, 1.807) is 12.1 Å². The number of nitrogens with one attached hydrogen (secondary N) is 1. The van der Waals surface area contributed by atoms with Gasteiger partial charge in [0, 0.05) is 15.8 Å². The van der Waals surface area contributed by atoms with Crippen LogP contribution < -0.4 is 10.9 Å². The maximum Gasteiger partial charge on any atom is 0.360 e. The number of halogens is 1. The molecule has 110 valence electrons. The van der Waals surface area contributed by atoms with Crippen molar-refractivity contribution in [1.29, 1.82) is 0 Å². The monoisotopic (exact) mass is 349 g/mol. The molecule has 1 N–H and O–H groups in total. The maximum absolute atomic E-state index is 12.2. The highest BCUT2D eigenvalue weighted by atomic mass is 79.9. The van der Waals surface area contributed by atoms with Crippen LogP contribution in [0.15, 0.2) is 37.9 Å². The highest BCUT2D eigenvalue weighted by molar-refractivity contribution is 9.10. The molecule has 1 aliphatic carbocycles. The molecule has 4 nitrogen and oxygen atoms in total. The Balaban J connectivity index is 1.87. The van der Waals surface area contributed by atoms with Crippen molar-refractivity contribution >= 4 is 38.5 Å². The Morgan fingerprint density at radius 2 is 1.95 bits per heavy atom. The molecule has 21 heavy (non-hydrogen) atoms. The minimum atomic E-state index is -0.506. The van der Waals surface area contributed by atoms with Crippen LogP contribution in [0.2, 0.25) is 0 Å². The number of carbonyl (C=O) groups excluding carboxylic acids is 1. The number of anilines is 1. The summed E-state index contributed by atoms with van der Waals surface area (Å²) in [6.45, 7) is 0. The van der Waals surface area contributed by atoms with Crippen molar-refractivity contribution < 1.29 is 9.21 Å². The third-order valence-corrected chi connectivity index (χ3v) is 4.42. The number of hydrogen-bond acceptors (Lipinski definition) is 3. The second-order valence-electron chi connectivity index (χ2n) is 5.45. The van der Waals surface area contributed by atoms with Crippen LogP contribution >= 0.6 is 15.9 Å². The van der Waals surface area contributed by atoms with Gasteiger partial charge in [0.15, 0.2) is 0 Å². The van der Waals surface area contributed by atoms with Crippen LogP contribution in [0, 0.1) is 5.92 Å². The Morgan fingerprint density at radius 1 is 1.19 bits per heavy atom. The van der Waals surface area contributed by atoms with E-state index in [1.807, 2.05) is 12.1 Å². The lowest BCUT2D eigenvalue weighted by atomic mass is 9.88. The summed E-state index contributed by atoms with van der Waals surface area (Å²) in [5.74, 6) is -0.0623. The van der Waals surface area contributed by atoms with E-state index in [2.05, 4.69) is 21.2 Å². The molecule has 1 saturated carbocycles. The fraction of sp³-hybridized carbons (Fsp3) is 0.375. The molecule has 1 amide bonds. The molecule has 0 bridgehead atoms. The van der Waals surface area contributed by atoms with Crippen LogP contribution in [0.1, 0.15) is 32.1 Å². The SMILES string of the molecule is O=C(Nc1cc2cc(Br)ccc2oc1=O)C1CCCCC1. The zero-order valence-electron chi connectivity index (χ0n) is 11.5. The van der Waals surface area contributed by atoms with Gasteiger partial charge in [-0.05, 0) is 37.1 Å². The first kappa shape index (κ1) is 14.3. The summed E-state index contributed by atoms with van der Waals surface area (Å²) in [4.78, 5) is 24.2. The van der Waals surface area contributed by atoms with Crippen LogP contribution in [0.3, 0.4) is 0 Å². The van der Waals surface area contributed by atoms with Crippen LogP contribution in [0.5, 0.6) is 0 Å². The molecule has 0 radical (unpaired) electrons. The Hall–Kier alpha value is -1.62. The number of rotatable bonds is 2. The molecule has 1 aromatic heterocycles. The topological polar surface area (TPSA) is 59.3 Å². The molecule has 0 atom stereocenters. The number of carbonyl (C=O) groups is 1. The molecule has 1 aromatic carbocycles. The minimum absolute atomic E-state index is 0.0105. The zero-order chi connectivity index (χ0) is 14.8. The van der Waals surface area contributed by atoms with E-state index in [-0.39, 0.29) is 17.5 Å². The van der Waals surface area contributed by atoms with Crippen molar-refractivity contribution in [3.8, 4) is 0 Å². The van der Waals surface area contributed by atoms with E-state index in [0.717, 1.165) is 35.5 Å². The molecule has 0 saturated heterocycles.